The van der Waals surface area contributed by atoms with Gasteiger partial charge in [-0.3, -0.25) is 0 Å². The van der Waals surface area contributed by atoms with Crippen LogP contribution >= 0.6 is 5.15 Å². The van der Waals surface area contributed by atoms with Gasteiger partial charge in [-0.05, 0) is 0 Å². The Kier molecular flexibility index (Phi) is 5.48. The van der Waals surface area contributed by atoms with Crippen molar-refractivity contribution in [2.75, 3.05) is 0 Å². The quantitative estimate of drug-likeness (QED) is 0.371. The second kappa shape index (κ2) is 7.59. The average molecular weight is 518 g/mol. The molecular formula is C21H22AuOP. The summed E-state index contributed by atoms with van der Waals surface area (Å²) in [6.07, 6.45) is 0. The molecule has 0 heterocycles. The summed E-state index contributed by atoms with van der Waals surface area (Å²) in [7, 11) is 0. The van der Waals surface area contributed by atoms with Crippen molar-refractivity contribution in [2.45, 2.75) is 12.1 Å². The number of hydrogen-bond donors (Lipinski definition) is 0. The summed E-state index contributed by atoms with van der Waals surface area (Å²) in [6.45, 7) is 1.79. The summed E-state index contributed by atoms with van der Waals surface area (Å²) in [5, 5.41) is 4.00. The molecule has 0 bridgehead atoms. The molecule has 0 radical (unpaired) electrons. The first-order valence-electron chi connectivity index (χ1n) is 7.79. The summed E-state index contributed by atoms with van der Waals surface area (Å²) in [4.78, 5) is 12.6. The first-order chi connectivity index (χ1) is 11.7. The van der Waals surface area contributed by atoms with E-state index in [0.717, 1.165) is 0 Å². The monoisotopic (exact) mass is 518 g/mol. The van der Waals surface area contributed by atoms with E-state index in [4.69, 9.17) is 0 Å². The maximum absolute atomic E-state index is 12.6. The van der Waals surface area contributed by atoms with E-state index >= 15 is 0 Å². The summed E-state index contributed by atoms with van der Waals surface area (Å²) >= 11 is -1.82. The van der Waals surface area contributed by atoms with Gasteiger partial charge in [0, 0.05) is 0 Å². The Hall–Kier alpha value is -1.50. The van der Waals surface area contributed by atoms with E-state index in [2.05, 4.69) is 96.1 Å². The molecule has 0 N–H and O–H groups in total. The van der Waals surface area contributed by atoms with Crippen LogP contribution in [0.2, 0.25) is 5.14 Å². The van der Waals surface area contributed by atoms with E-state index in [1.54, 1.807) is 6.92 Å². The van der Waals surface area contributed by atoms with Crippen LogP contribution in [-0.4, -0.2) is 4.00 Å². The molecule has 3 rings (SSSR count). The van der Waals surface area contributed by atoms with Crippen LogP contribution in [0, 0.1) is 0 Å². The van der Waals surface area contributed by atoms with E-state index in [9.17, 15) is 4.79 Å². The Balaban J connectivity index is 2.39. The van der Waals surface area contributed by atoms with Crippen LogP contribution in [0.1, 0.15) is 6.92 Å². The van der Waals surface area contributed by atoms with Gasteiger partial charge in [-0.2, -0.15) is 0 Å². The van der Waals surface area contributed by atoms with Crippen LogP contribution in [0.25, 0.3) is 0 Å². The molecule has 24 heavy (non-hydrogen) atoms. The standard InChI is InChI=1S/C18H15P.C2H3O.CH3.Au/c1-4-10-16(11-5-1)19(17-12-6-2-7-13-17)18-14-8-3-9-15-18;1-2-3;;/h1-15H;1H3;1H3;/q;;;-1/p+1. The van der Waals surface area contributed by atoms with Crippen molar-refractivity contribution in [3.05, 3.63) is 91.0 Å². The maximum atomic E-state index is 12.6. The number of carbonyl (C=O) groups is 1. The Labute approximate surface area is 150 Å². The third kappa shape index (κ3) is 3.06. The molecule has 128 valence electrons. The van der Waals surface area contributed by atoms with E-state index in [1.165, 1.54) is 15.9 Å². The van der Waals surface area contributed by atoms with E-state index < -0.39 is 23.1 Å². The fraction of sp³-hybridized carbons (Fsp3) is 0.0952. The van der Waals surface area contributed by atoms with Gasteiger partial charge in [0.1, 0.15) is 0 Å². The van der Waals surface area contributed by atoms with Gasteiger partial charge in [0.05, 0.1) is 0 Å². The zero-order chi connectivity index (χ0) is 17.0. The minimum atomic E-state index is -2.29. The Morgan fingerprint density at radius 1 is 0.667 bits per heavy atom. The van der Waals surface area contributed by atoms with E-state index in [0.29, 0.717) is 4.00 Å². The molecule has 1 nitrogen and oxygen atoms in total. The normalized spacial score (nSPS) is 12.5. The molecule has 3 aromatic rings. The van der Waals surface area contributed by atoms with Crippen LogP contribution in [0.4, 0.5) is 0 Å². The summed E-state index contributed by atoms with van der Waals surface area (Å²) in [5.41, 5.74) is 0. The number of hydrogen-bond acceptors (Lipinski definition) is 1. The molecule has 0 spiro atoms. The Bertz CT molecular complexity index is 706. The second-order valence-electron chi connectivity index (χ2n) is 5.49. The van der Waals surface area contributed by atoms with Gasteiger partial charge in [0.15, 0.2) is 0 Å². The summed E-state index contributed by atoms with van der Waals surface area (Å²) in [6, 6.07) is 32.1. The zero-order valence-corrected chi connectivity index (χ0v) is 17.0. The van der Waals surface area contributed by atoms with Crippen molar-refractivity contribution in [2.24, 2.45) is 0 Å². The van der Waals surface area contributed by atoms with Crippen LogP contribution < -0.4 is 15.9 Å². The summed E-state index contributed by atoms with van der Waals surface area (Å²) < 4.78 is 0.397. The van der Waals surface area contributed by atoms with E-state index in [1.807, 2.05) is 0 Å². The fourth-order valence-corrected chi connectivity index (χ4v) is 22.1. The van der Waals surface area contributed by atoms with Crippen LogP contribution in [0.3, 0.4) is 0 Å². The predicted molar refractivity (Wildman–Crippen MR) is 103 cm³/mol. The van der Waals surface area contributed by atoms with Crippen LogP contribution in [0.5, 0.6) is 0 Å². The van der Waals surface area contributed by atoms with Gasteiger partial charge in [-0.25, -0.2) is 0 Å². The Morgan fingerprint density at radius 3 is 1.21 bits per heavy atom. The van der Waals surface area contributed by atoms with Crippen molar-refractivity contribution in [3.8, 4) is 0 Å². The molecule has 0 aromatic heterocycles. The van der Waals surface area contributed by atoms with Gasteiger partial charge >= 0.3 is 151 Å². The fourth-order valence-electron chi connectivity index (χ4n) is 3.02. The molecule has 0 amide bonds. The van der Waals surface area contributed by atoms with Gasteiger partial charge in [0.25, 0.3) is 0 Å². The van der Waals surface area contributed by atoms with Gasteiger partial charge in [-0.15, -0.1) is 0 Å². The molecule has 3 aromatic carbocycles. The summed E-state index contributed by atoms with van der Waals surface area (Å²) in [5.74, 6) is 0. The molecule has 0 unspecified atom stereocenters. The molecule has 0 saturated heterocycles. The molecule has 0 fully saturated rings. The molecule has 0 aliphatic heterocycles. The Morgan fingerprint density at radius 2 is 0.958 bits per heavy atom. The van der Waals surface area contributed by atoms with Crippen molar-refractivity contribution in [1.82, 2.24) is 0 Å². The third-order valence-corrected chi connectivity index (χ3v) is 25.0. The molecule has 0 atom stereocenters. The van der Waals surface area contributed by atoms with Crippen molar-refractivity contribution < 1.29 is 22.7 Å². The number of carbonyl (C=O) groups excluding carboxylic acids is 1. The van der Waals surface area contributed by atoms with Crippen LogP contribution in [0.15, 0.2) is 91.0 Å². The van der Waals surface area contributed by atoms with Gasteiger partial charge in [-0.1, -0.05) is 0 Å². The number of rotatable bonds is 5. The SMILES string of the molecule is C[C](=O)[Au]([CH3])[PH](c1ccccc1)(c1ccccc1)c1ccccc1. The van der Waals surface area contributed by atoms with Gasteiger partial charge < -0.3 is 0 Å². The van der Waals surface area contributed by atoms with Crippen molar-refractivity contribution in [1.29, 1.82) is 0 Å². The van der Waals surface area contributed by atoms with Gasteiger partial charge in [0.2, 0.25) is 0 Å². The van der Waals surface area contributed by atoms with Crippen molar-refractivity contribution in [3.63, 3.8) is 0 Å². The first kappa shape index (κ1) is 17.3. The number of benzene rings is 3. The molecule has 3 heteroatoms. The van der Waals surface area contributed by atoms with E-state index in [-0.39, 0.29) is 0 Å². The third-order valence-electron chi connectivity index (χ3n) is 4.11. The molecule has 0 saturated carbocycles. The van der Waals surface area contributed by atoms with Crippen LogP contribution in [-0.2, 0) is 22.7 Å². The predicted octanol–water partition coefficient (Wildman–Crippen LogP) is 3.84. The zero-order valence-electron chi connectivity index (χ0n) is 13.9. The molecule has 0 aliphatic rings. The minimum absolute atomic E-state index is 0.397. The average Bonchev–Trinajstić information content (AvgIpc) is 2.65. The van der Waals surface area contributed by atoms with Crippen molar-refractivity contribution >= 4 is 25.1 Å². The topological polar surface area (TPSA) is 17.1 Å². The first-order valence-corrected chi connectivity index (χ1v) is 16.1. The molecular weight excluding hydrogens is 496 g/mol. The second-order valence-corrected chi connectivity index (χ2v) is 21.2. The molecule has 0 aliphatic carbocycles.